The van der Waals surface area contributed by atoms with Crippen LogP contribution in [-0.4, -0.2) is 16.6 Å². The van der Waals surface area contributed by atoms with Crippen molar-refractivity contribution >= 4 is 34.5 Å². The number of hydrogen-bond acceptors (Lipinski definition) is 3. The summed E-state index contributed by atoms with van der Waals surface area (Å²) in [5.74, 6) is 0. The van der Waals surface area contributed by atoms with Gasteiger partial charge in [0.15, 0.2) is 0 Å². The minimum Gasteiger partial charge on any atom is -0.233 e. The van der Waals surface area contributed by atoms with Crippen molar-refractivity contribution in [3.63, 3.8) is 0 Å². The minimum atomic E-state index is 0.761. The van der Waals surface area contributed by atoms with Gasteiger partial charge in [-0.25, -0.2) is 4.99 Å². The highest BCUT2D eigenvalue weighted by molar-refractivity contribution is 7.80. The van der Waals surface area contributed by atoms with Crippen molar-refractivity contribution in [3.8, 4) is 0 Å². The number of hydrogen-bond donors (Lipinski definition) is 0. The van der Waals surface area contributed by atoms with Gasteiger partial charge in [0.1, 0.15) is 0 Å². The van der Waals surface area contributed by atoms with Crippen LogP contribution >= 0.6 is 24.4 Å². The maximum atomic E-state index is 4.86. The standard InChI is InChI=1S/C6H9NS2/c1-6(9)3-2-4-7-5-8/h2-4H2,1H3. The van der Waals surface area contributed by atoms with Gasteiger partial charge >= 0.3 is 0 Å². The van der Waals surface area contributed by atoms with Crippen molar-refractivity contribution in [1.29, 1.82) is 0 Å². The highest BCUT2D eigenvalue weighted by atomic mass is 32.1. The van der Waals surface area contributed by atoms with Crippen molar-refractivity contribution in [1.82, 2.24) is 0 Å². The molecule has 0 aromatic carbocycles. The fraction of sp³-hybridized carbons (Fsp3) is 0.667. The quantitative estimate of drug-likeness (QED) is 0.354. The van der Waals surface area contributed by atoms with E-state index in [1.165, 1.54) is 0 Å². The second-order valence-corrected chi connectivity index (χ2v) is 2.66. The normalized spacial score (nSPS) is 8.11. The monoisotopic (exact) mass is 159 g/mol. The van der Waals surface area contributed by atoms with Crippen LogP contribution < -0.4 is 0 Å². The van der Waals surface area contributed by atoms with E-state index >= 15 is 0 Å². The molecule has 0 aliphatic rings. The summed E-state index contributed by atoms with van der Waals surface area (Å²) in [6.45, 7) is 2.70. The average molecular weight is 159 g/mol. The molecule has 0 aliphatic carbocycles. The first kappa shape index (κ1) is 8.89. The summed E-state index contributed by atoms with van der Waals surface area (Å²) >= 11 is 9.24. The lowest BCUT2D eigenvalue weighted by Gasteiger charge is -1.90. The van der Waals surface area contributed by atoms with E-state index in [2.05, 4.69) is 22.4 Å². The molecule has 0 saturated heterocycles. The van der Waals surface area contributed by atoms with Crippen molar-refractivity contribution in [3.05, 3.63) is 0 Å². The highest BCUT2D eigenvalue weighted by Crippen LogP contribution is 1.91. The van der Waals surface area contributed by atoms with E-state index in [-0.39, 0.29) is 0 Å². The van der Waals surface area contributed by atoms with Crippen LogP contribution in [0.1, 0.15) is 19.8 Å². The number of nitrogens with zero attached hydrogens (tertiary/aromatic N) is 1. The molecule has 0 heterocycles. The van der Waals surface area contributed by atoms with E-state index in [0.29, 0.717) is 0 Å². The Morgan fingerprint density at radius 3 is 2.78 bits per heavy atom. The first-order valence-electron chi connectivity index (χ1n) is 2.80. The number of aliphatic imine (C=N–C) groups is 1. The Morgan fingerprint density at radius 2 is 2.33 bits per heavy atom. The zero-order valence-corrected chi connectivity index (χ0v) is 7.02. The predicted octanol–water partition coefficient (Wildman–Crippen LogP) is 2.26. The number of rotatable bonds is 4. The second-order valence-electron chi connectivity index (χ2n) is 1.78. The van der Waals surface area contributed by atoms with Gasteiger partial charge in [-0.2, -0.15) is 0 Å². The SMILES string of the molecule is CC(=S)CCCN=C=S. The van der Waals surface area contributed by atoms with Crippen LogP contribution in [0.4, 0.5) is 0 Å². The van der Waals surface area contributed by atoms with Crippen molar-refractivity contribution in [2.24, 2.45) is 4.99 Å². The Labute approximate surface area is 66.2 Å². The van der Waals surface area contributed by atoms with E-state index in [4.69, 9.17) is 12.2 Å². The van der Waals surface area contributed by atoms with E-state index in [1.807, 2.05) is 6.92 Å². The lowest BCUT2D eigenvalue weighted by molar-refractivity contribution is 0.887. The molecule has 0 radical (unpaired) electrons. The second kappa shape index (κ2) is 6.02. The Hall–Kier alpha value is -0.110. The molecule has 0 atom stereocenters. The van der Waals surface area contributed by atoms with Crippen molar-refractivity contribution in [2.45, 2.75) is 19.8 Å². The summed E-state index contributed by atoms with van der Waals surface area (Å²) in [5.41, 5.74) is 0. The summed E-state index contributed by atoms with van der Waals surface area (Å²) in [5, 5.41) is 2.31. The van der Waals surface area contributed by atoms with Gasteiger partial charge in [-0.05, 0) is 36.8 Å². The number of thiocarbonyl (C=S) groups is 2. The van der Waals surface area contributed by atoms with Gasteiger partial charge < -0.3 is 0 Å². The largest absolute Gasteiger partial charge is 0.233 e. The molecule has 0 fully saturated rings. The maximum absolute atomic E-state index is 4.86. The summed E-state index contributed by atoms with van der Waals surface area (Å²) in [6.07, 6.45) is 1.97. The molecule has 0 bridgehead atoms. The molecule has 0 saturated carbocycles. The molecule has 0 spiro atoms. The first-order valence-corrected chi connectivity index (χ1v) is 3.62. The molecule has 50 valence electrons. The maximum Gasteiger partial charge on any atom is 0.0584 e. The van der Waals surface area contributed by atoms with E-state index in [1.54, 1.807) is 0 Å². The molecule has 0 unspecified atom stereocenters. The molecule has 9 heavy (non-hydrogen) atoms. The molecular formula is C6H9NS2. The topological polar surface area (TPSA) is 12.4 Å². The lowest BCUT2D eigenvalue weighted by Crippen LogP contribution is -1.87. The lowest BCUT2D eigenvalue weighted by atomic mass is 10.2. The third kappa shape index (κ3) is 7.89. The summed E-state index contributed by atoms with van der Waals surface area (Å²) in [4.78, 5) is 4.79. The van der Waals surface area contributed by atoms with Crippen LogP contribution in [0.15, 0.2) is 4.99 Å². The smallest absolute Gasteiger partial charge is 0.0584 e. The van der Waals surface area contributed by atoms with Crippen molar-refractivity contribution in [2.75, 3.05) is 6.54 Å². The third-order valence-electron chi connectivity index (χ3n) is 0.863. The minimum absolute atomic E-state index is 0.761. The van der Waals surface area contributed by atoms with Crippen LogP contribution in [0, 0.1) is 0 Å². The Morgan fingerprint density at radius 1 is 1.67 bits per heavy atom. The molecule has 0 aromatic rings. The van der Waals surface area contributed by atoms with Crippen LogP contribution in [0.25, 0.3) is 0 Å². The molecule has 3 heteroatoms. The van der Waals surface area contributed by atoms with E-state index < -0.39 is 0 Å². The predicted molar refractivity (Wildman–Crippen MR) is 47.4 cm³/mol. The Bertz CT molecular complexity index is 134. The Kier molecular flexibility index (Phi) is 5.94. The summed E-state index contributed by atoms with van der Waals surface area (Å²) in [7, 11) is 0. The summed E-state index contributed by atoms with van der Waals surface area (Å²) < 4.78 is 0. The summed E-state index contributed by atoms with van der Waals surface area (Å²) in [6, 6.07) is 0. The fourth-order valence-electron chi connectivity index (χ4n) is 0.453. The highest BCUT2D eigenvalue weighted by Gasteiger charge is 1.85. The molecule has 1 nitrogen and oxygen atoms in total. The van der Waals surface area contributed by atoms with Gasteiger partial charge in [-0.15, -0.1) is 0 Å². The van der Waals surface area contributed by atoms with Gasteiger partial charge in [-0.1, -0.05) is 12.2 Å². The van der Waals surface area contributed by atoms with Crippen LogP contribution in [-0.2, 0) is 0 Å². The van der Waals surface area contributed by atoms with Crippen LogP contribution in [0.3, 0.4) is 0 Å². The van der Waals surface area contributed by atoms with Crippen LogP contribution in [0.2, 0.25) is 0 Å². The van der Waals surface area contributed by atoms with Gasteiger partial charge in [0.2, 0.25) is 0 Å². The van der Waals surface area contributed by atoms with Gasteiger partial charge in [0.25, 0.3) is 0 Å². The average Bonchev–Trinajstić information content (AvgIpc) is 1.80. The van der Waals surface area contributed by atoms with Crippen molar-refractivity contribution < 1.29 is 0 Å². The van der Waals surface area contributed by atoms with Gasteiger partial charge in [0.05, 0.1) is 5.16 Å². The van der Waals surface area contributed by atoms with Crippen LogP contribution in [0.5, 0.6) is 0 Å². The molecule has 0 aliphatic heterocycles. The molecule has 0 amide bonds. The zero-order chi connectivity index (χ0) is 7.11. The third-order valence-corrected chi connectivity index (χ3v) is 1.20. The van der Waals surface area contributed by atoms with E-state index in [9.17, 15) is 0 Å². The molecule has 0 aromatic heterocycles. The van der Waals surface area contributed by atoms with Gasteiger partial charge in [-0.3, -0.25) is 0 Å². The van der Waals surface area contributed by atoms with E-state index in [0.717, 1.165) is 24.3 Å². The molecular weight excluding hydrogens is 150 g/mol. The molecule has 0 rings (SSSR count). The fourth-order valence-corrected chi connectivity index (χ4v) is 0.688. The van der Waals surface area contributed by atoms with Gasteiger partial charge in [0, 0.05) is 6.54 Å². The molecule has 0 N–H and O–H groups in total. The zero-order valence-electron chi connectivity index (χ0n) is 5.39. The number of isothiocyanates is 1. The Balaban J connectivity index is 3.10. The first-order chi connectivity index (χ1) is 4.27.